The van der Waals surface area contributed by atoms with E-state index in [-0.39, 0.29) is 0 Å². The third kappa shape index (κ3) is 7.21. The highest BCUT2D eigenvalue weighted by Gasteiger charge is 2.21. The van der Waals surface area contributed by atoms with Crippen molar-refractivity contribution in [3.05, 3.63) is 247 Å². The minimum atomic E-state index is 0.361. The molecule has 2 heterocycles. The summed E-state index contributed by atoms with van der Waals surface area (Å²) >= 11 is 0. The Bertz CT molecular complexity index is 3080. The van der Waals surface area contributed by atoms with Crippen molar-refractivity contribution < 1.29 is 0 Å². The van der Waals surface area contributed by atoms with Gasteiger partial charge >= 0.3 is 0 Å². The van der Waals surface area contributed by atoms with Gasteiger partial charge in [0.05, 0.1) is 28.3 Å². The normalized spacial score (nSPS) is 14.2. The monoisotopic (exact) mass is 772 g/mol. The first kappa shape index (κ1) is 38.9. The Morgan fingerprint density at radius 2 is 1.40 bits per heavy atom. The van der Waals surface area contributed by atoms with E-state index in [9.17, 15) is 10.7 Å². The molecule has 1 aliphatic rings. The zero-order valence-corrected chi connectivity index (χ0v) is 33.6. The summed E-state index contributed by atoms with van der Waals surface area (Å²) in [6.45, 7) is 14.3. The summed E-state index contributed by atoms with van der Waals surface area (Å²) in [5, 5.41) is 22.7. The Hall–Kier alpha value is -8.00. The van der Waals surface area contributed by atoms with Crippen LogP contribution in [0.4, 0.5) is 0 Å². The van der Waals surface area contributed by atoms with E-state index < -0.39 is 0 Å². The molecule has 0 fully saturated rings. The molecule has 7 aromatic rings. The van der Waals surface area contributed by atoms with Crippen LogP contribution in [-0.2, 0) is 0 Å². The van der Waals surface area contributed by atoms with Crippen molar-refractivity contribution >= 4 is 61.3 Å². The molecular weight excluding hydrogens is 729 g/mol. The molecule has 1 N–H and O–H groups in total. The third-order valence-corrected chi connectivity index (χ3v) is 11.1. The first-order chi connectivity index (χ1) is 29.5. The third-order valence-electron chi connectivity index (χ3n) is 11.1. The predicted octanol–water partition coefficient (Wildman–Crippen LogP) is 14.3. The highest BCUT2D eigenvalue weighted by Crippen LogP contribution is 2.38. The fourth-order valence-electron chi connectivity index (χ4n) is 8.35. The Morgan fingerprint density at radius 3 is 2.03 bits per heavy atom. The summed E-state index contributed by atoms with van der Waals surface area (Å²) in [5.74, 6) is 0. The highest BCUT2D eigenvalue weighted by molar-refractivity contribution is 6.21. The lowest BCUT2D eigenvalue weighted by molar-refractivity contribution is 1.05. The van der Waals surface area contributed by atoms with Crippen LogP contribution in [0.25, 0.3) is 61.3 Å². The molecule has 0 spiro atoms. The van der Waals surface area contributed by atoms with Crippen molar-refractivity contribution in [1.29, 1.82) is 10.7 Å². The molecule has 0 unspecified atom stereocenters. The predicted molar refractivity (Wildman–Crippen MR) is 256 cm³/mol. The van der Waals surface area contributed by atoms with Crippen LogP contribution in [0.15, 0.2) is 219 Å². The number of nitrogens with one attached hydrogen (secondary N) is 1. The largest absolute Gasteiger partial charge is 0.313 e. The van der Waals surface area contributed by atoms with Crippen LogP contribution in [-0.4, -0.2) is 14.8 Å². The summed E-state index contributed by atoms with van der Waals surface area (Å²) in [5.41, 5.74) is 14.2. The maximum atomic E-state index is 9.65. The van der Waals surface area contributed by atoms with Crippen LogP contribution in [0.3, 0.4) is 0 Å². The van der Waals surface area contributed by atoms with Crippen molar-refractivity contribution in [1.82, 2.24) is 9.13 Å². The number of hydrogen-bond acceptors (Lipinski definition) is 2. The minimum Gasteiger partial charge on any atom is -0.313 e. The molecule has 0 atom stereocenters. The first-order valence-electron chi connectivity index (χ1n) is 20.0. The van der Waals surface area contributed by atoms with Gasteiger partial charge in [0.1, 0.15) is 0 Å². The van der Waals surface area contributed by atoms with E-state index in [0.29, 0.717) is 5.71 Å². The van der Waals surface area contributed by atoms with Gasteiger partial charge in [0.2, 0.25) is 0 Å². The number of benzene rings is 5. The second kappa shape index (κ2) is 17.2. The lowest BCUT2D eigenvalue weighted by Crippen LogP contribution is -2.09. The van der Waals surface area contributed by atoms with Gasteiger partial charge in [-0.15, -0.1) is 0 Å². The van der Waals surface area contributed by atoms with Crippen LogP contribution in [0, 0.1) is 23.7 Å². The van der Waals surface area contributed by atoms with Gasteiger partial charge in [0, 0.05) is 56.0 Å². The van der Waals surface area contributed by atoms with Crippen LogP contribution in [0.5, 0.6) is 0 Å². The second-order valence-electron chi connectivity index (χ2n) is 14.5. The number of para-hydroxylation sites is 3. The smallest absolute Gasteiger partial charge is 0.0918 e. The number of aromatic nitrogens is 2. The zero-order chi connectivity index (χ0) is 41.6. The molecule has 8 rings (SSSR count). The number of allylic oxidation sites excluding steroid dienone is 16. The molecule has 0 radical (unpaired) electrons. The van der Waals surface area contributed by atoms with Gasteiger partial charge < -0.3 is 9.13 Å². The fourth-order valence-corrected chi connectivity index (χ4v) is 8.35. The van der Waals surface area contributed by atoms with Crippen LogP contribution < -0.4 is 0 Å². The van der Waals surface area contributed by atoms with Crippen molar-refractivity contribution in [2.45, 2.75) is 13.3 Å². The van der Waals surface area contributed by atoms with Gasteiger partial charge in [-0.05, 0) is 89.7 Å². The van der Waals surface area contributed by atoms with Gasteiger partial charge in [-0.25, -0.2) is 0 Å². The number of hydrogen-bond donors (Lipinski definition) is 1. The van der Waals surface area contributed by atoms with Gasteiger partial charge in [-0.3, -0.25) is 5.41 Å². The Balaban J connectivity index is 1.23. The molecule has 0 bridgehead atoms. The van der Waals surface area contributed by atoms with E-state index in [2.05, 4.69) is 169 Å². The summed E-state index contributed by atoms with van der Waals surface area (Å²) in [6, 6.07) is 44.3. The molecular formula is C56H44N4. The Kier molecular flexibility index (Phi) is 11.2. The topological polar surface area (TPSA) is 57.5 Å². The SMILES string of the molecule is C=C/C=C\C(=CC#N)c1cccc(C(=N)C(=C/C=C)/C(=C2/C=CC=CC2)c2ccc(-n3c(C)c(/C=C(\C=C)n4c5ccccc5c5ccccc54)c4ccccc43)cc2)c1. The van der Waals surface area contributed by atoms with Crippen molar-refractivity contribution in [2.24, 2.45) is 0 Å². The molecule has 4 nitrogen and oxygen atoms in total. The number of fused-ring (bicyclic) bond motifs is 4. The molecule has 288 valence electrons. The first-order valence-corrected chi connectivity index (χ1v) is 20.0. The number of nitrogens with zero attached hydrogens (tertiary/aromatic N) is 3. The maximum Gasteiger partial charge on any atom is 0.0918 e. The minimum absolute atomic E-state index is 0.361. The van der Waals surface area contributed by atoms with Crippen molar-refractivity contribution in [3.63, 3.8) is 0 Å². The Labute approximate surface area is 351 Å². The maximum absolute atomic E-state index is 9.65. The molecule has 5 aromatic carbocycles. The zero-order valence-electron chi connectivity index (χ0n) is 33.6. The van der Waals surface area contributed by atoms with Crippen LogP contribution in [0.1, 0.15) is 34.4 Å². The Morgan fingerprint density at radius 1 is 0.733 bits per heavy atom. The lowest BCUT2D eigenvalue weighted by atomic mass is 9.85. The molecule has 2 aromatic heterocycles. The van der Waals surface area contributed by atoms with E-state index in [0.717, 1.165) is 90.0 Å². The summed E-state index contributed by atoms with van der Waals surface area (Å²) < 4.78 is 4.64. The average molecular weight is 773 g/mol. The lowest BCUT2D eigenvalue weighted by Gasteiger charge is -2.20. The van der Waals surface area contributed by atoms with Crippen LogP contribution in [0.2, 0.25) is 0 Å². The quantitative estimate of drug-likeness (QED) is 0.0750. The molecule has 60 heavy (non-hydrogen) atoms. The van der Waals surface area contributed by atoms with Crippen molar-refractivity contribution in [2.75, 3.05) is 0 Å². The van der Waals surface area contributed by atoms with Gasteiger partial charge in [0.25, 0.3) is 0 Å². The van der Waals surface area contributed by atoms with Crippen LogP contribution >= 0.6 is 0 Å². The number of nitriles is 1. The summed E-state index contributed by atoms with van der Waals surface area (Å²) in [4.78, 5) is 0. The average Bonchev–Trinajstić information content (AvgIpc) is 3.78. The highest BCUT2D eigenvalue weighted by atomic mass is 15.0. The summed E-state index contributed by atoms with van der Waals surface area (Å²) in [7, 11) is 0. The molecule has 0 amide bonds. The molecule has 4 heteroatoms. The second-order valence-corrected chi connectivity index (χ2v) is 14.5. The molecule has 0 saturated carbocycles. The van der Waals surface area contributed by atoms with E-state index in [1.54, 1.807) is 18.2 Å². The summed E-state index contributed by atoms with van der Waals surface area (Å²) in [6.07, 6.45) is 23.9. The van der Waals surface area contributed by atoms with E-state index in [1.165, 1.54) is 16.8 Å². The number of rotatable bonds is 12. The van der Waals surface area contributed by atoms with E-state index >= 15 is 0 Å². The molecule has 0 saturated heterocycles. The van der Waals surface area contributed by atoms with Gasteiger partial charge in [0.15, 0.2) is 0 Å². The van der Waals surface area contributed by atoms with E-state index in [4.69, 9.17) is 0 Å². The standard InChI is InChI=1S/C56H44N4/c1-5-8-20-40(35-36-57)43-23-18-24-44(37-43)56(58)50(19-6-2)55(41-21-10-9-11-22-41)42-31-33-46(34-32-42)59-39(4)51(49-27-14-15-28-52(49)59)38-45(7-3)60-53-29-16-12-25-47(53)48-26-13-17-30-54(48)60/h5-21,23-35,37-38,58H,1-3,22H2,4H3/b20-8-,40-35?,45-38+,50-19+,55-41-,58-56?. The van der Waals surface area contributed by atoms with Gasteiger partial charge in [-0.2, -0.15) is 5.26 Å². The fraction of sp³-hybridized carbons (Fsp3) is 0.0357. The van der Waals surface area contributed by atoms with Gasteiger partial charge in [-0.1, -0.05) is 159 Å². The molecule has 0 aliphatic heterocycles. The molecule has 1 aliphatic carbocycles. The van der Waals surface area contributed by atoms with E-state index in [1.807, 2.05) is 42.5 Å². The van der Waals surface area contributed by atoms with Crippen molar-refractivity contribution in [3.8, 4) is 11.8 Å².